The summed E-state index contributed by atoms with van der Waals surface area (Å²) < 4.78 is 0. The SMILES string of the molecule is CC1CN(CCC(C)(C)C(N)=NO)CC1N(C)C. The van der Waals surface area contributed by atoms with Crippen LogP contribution in [-0.2, 0) is 0 Å². The van der Waals surface area contributed by atoms with E-state index in [0.29, 0.717) is 17.8 Å². The molecule has 2 unspecified atom stereocenters. The second kappa shape index (κ2) is 5.89. The molecule has 5 heteroatoms. The maximum atomic E-state index is 8.76. The lowest BCUT2D eigenvalue weighted by Crippen LogP contribution is -2.37. The van der Waals surface area contributed by atoms with E-state index in [1.165, 1.54) is 0 Å². The first-order chi connectivity index (χ1) is 8.27. The van der Waals surface area contributed by atoms with E-state index in [1.54, 1.807) is 0 Å². The fraction of sp³-hybridized carbons (Fsp3) is 0.923. The number of likely N-dealkylation sites (tertiary alicyclic amines) is 1. The molecule has 0 bridgehead atoms. The summed E-state index contributed by atoms with van der Waals surface area (Å²) in [6.07, 6.45) is 0.912. The smallest absolute Gasteiger partial charge is 0.144 e. The zero-order valence-corrected chi connectivity index (χ0v) is 12.3. The van der Waals surface area contributed by atoms with Crippen LogP contribution in [0.4, 0.5) is 0 Å². The number of rotatable bonds is 5. The van der Waals surface area contributed by atoms with Crippen molar-refractivity contribution in [3.8, 4) is 0 Å². The molecule has 0 spiro atoms. The zero-order valence-electron chi connectivity index (χ0n) is 12.3. The molecular weight excluding hydrogens is 228 g/mol. The van der Waals surface area contributed by atoms with Crippen LogP contribution in [0.5, 0.6) is 0 Å². The number of amidine groups is 1. The first-order valence-corrected chi connectivity index (χ1v) is 6.64. The largest absolute Gasteiger partial charge is 0.409 e. The fourth-order valence-corrected chi connectivity index (χ4v) is 2.60. The predicted octanol–water partition coefficient (Wildman–Crippen LogP) is 1.03. The van der Waals surface area contributed by atoms with Crippen LogP contribution in [0.2, 0.25) is 0 Å². The minimum atomic E-state index is -0.242. The number of hydrogen-bond donors (Lipinski definition) is 2. The van der Waals surface area contributed by atoms with Crippen LogP contribution in [0.3, 0.4) is 0 Å². The third-order valence-corrected chi connectivity index (χ3v) is 4.17. The van der Waals surface area contributed by atoms with Crippen molar-refractivity contribution in [3.05, 3.63) is 0 Å². The van der Waals surface area contributed by atoms with Crippen LogP contribution < -0.4 is 5.73 Å². The molecule has 1 aliphatic rings. The van der Waals surface area contributed by atoms with Crippen LogP contribution in [0.1, 0.15) is 27.2 Å². The Bertz CT molecular complexity index is 301. The van der Waals surface area contributed by atoms with E-state index in [0.717, 1.165) is 26.1 Å². The van der Waals surface area contributed by atoms with E-state index >= 15 is 0 Å². The molecule has 0 radical (unpaired) electrons. The molecule has 1 aliphatic heterocycles. The lowest BCUT2D eigenvalue weighted by atomic mass is 9.88. The molecule has 2 atom stereocenters. The summed E-state index contributed by atoms with van der Waals surface area (Å²) in [4.78, 5) is 4.78. The standard InChI is InChI=1S/C13H28N4O/c1-10-8-17(9-11(10)16(4)5)7-6-13(2,3)12(14)15-18/h10-11,18H,6-9H2,1-5H3,(H2,14,15). The van der Waals surface area contributed by atoms with Crippen molar-refractivity contribution in [3.63, 3.8) is 0 Å². The molecule has 1 rings (SSSR count). The third-order valence-electron chi connectivity index (χ3n) is 4.17. The lowest BCUT2D eigenvalue weighted by molar-refractivity contribution is 0.242. The molecule has 106 valence electrons. The maximum Gasteiger partial charge on any atom is 0.144 e. The summed E-state index contributed by atoms with van der Waals surface area (Å²) in [5.74, 6) is 1.02. The van der Waals surface area contributed by atoms with Gasteiger partial charge in [0.05, 0.1) is 0 Å². The highest BCUT2D eigenvalue weighted by Gasteiger charge is 2.32. The minimum absolute atomic E-state index is 0.242. The number of nitrogens with zero attached hydrogens (tertiary/aromatic N) is 3. The van der Waals surface area contributed by atoms with Crippen LogP contribution in [0, 0.1) is 11.3 Å². The van der Waals surface area contributed by atoms with E-state index in [2.05, 4.69) is 36.0 Å². The van der Waals surface area contributed by atoms with Gasteiger partial charge >= 0.3 is 0 Å². The predicted molar refractivity (Wildman–Crippen MR) is 74.9 cm³/mol. The second-order valence-corrected chi connectivity index (χ2v) is 6.39. The molecular formula is C13H28N4O. The highest BCUT2D eigenvalue weighted by molar-refractivity contribution is 5.85. The van der Waals surface area contributed by atoms with Gasteiger partial charge in [0.15, 0.2) is 0 Å². The topological polar surface area (TPSA) is 65.1 Å². The van der Waals surface area contributed by atoms with Crippen molar-refractivity contribution in [2.24, 2.45) is 22.2 Å². The van der Waals surface area contributed by atoms with Gasteiger partial charge < -0.3 is 20.7 Å². The van der Waals surface area contributed by atoms with Crippen LogP contribution in [0.15, 0.2) is 5.16 Å². The van der Waals surface area contributed by atoms with E-state index in [4.69, 9.17) is 10.9 Å². The molecule has 0 amide bonds. The highest BCUT2D eigenvalue weighted by atomic mass is 16.4. The number of likely N-dealkylation sites (N-methyl/N-ethyl adjacent to an activating group) is 1. The summed E-state index contributed by atoms with van der Waals surface area (Å²) in [5, 5.41) is 11.9. The molecule has 1 fully saturated rings. The van der Waals surface area contributed by atoms with Gasteiger partial charge in [-0.15, -0.1) is 0 Å². The van der Waals surface area contributed by atoms with Gasteiger partial charge in [-0.3, -0.25) is 0 Å². The van der Waals surface area contributed by atoms with Gasteiger partial charge in [-0.1, -0.05) is 25.9 Å². The van der Waals surface area contributed by atoms with Crippen LogP contribution in [-0.4, -0.2) is 60.6 Å². The molecule has 1 heterocycles. The van der Waals surface area contributed by atoms with E-state index in [-0.39, 0.29) is 5.41 Å². The van der Waals surface area contributed by atoms with Gasteiger partial charge in [-0.25, -0.2) is 0 Å². The van der Waals surface area contributed by atoms with Crippen molar-refractivity contribution >= 4 is 5.84 Å². The van der Waals surface area contributed by atoms with Crippen molar-refractivity contribution in [1.29, 1.82) is 0 Å². The fourth-order valence-electron chi connectivity index (χ4n) is 2.60. The monoisotopic (exact) mass is 256 g/mol. The Balaban J connectivity index is 2.47. The third kappa shape index (κ3) is 3.59. The molecule has 3 N–H and O–H groups in total. The van der Waals surface area contributed by atoms with Crippen LogP contribution >= 0.6 is 0 Å². The summed E-state index contributed by atoms with van der Waals surface area (Å²) in [5.41, 5.74) is 5.47. The molecule has 0 aromatic heterocycles. The number of nitrogens with two attached hydrogens (primary N) is 1. The zero-order chi connectivity index (χ0) is 13.9. The maximum absolute atomic E-state index is 8.76. The minimum Gasteiger partial charge on any atom is -0.409 e. The molecule has 1 saturated heterocycles. The summed E-state index contributed by atoms with van der Waals surface area (Å²) in [6, 6.07) is 0.636. The summed E-state index contributed by atoms with van der Waals surface area (Å²) in [7, 11) is 4.29. The molecule has 5 nitrogen and oxygen atoms in total. The van der Waals surface area contributed by atoms with Gasteiger partial charge in [0.25, 0.3) is 0 Å². The van der Waals surface area contributed by atoms with Crippen LogP contribution in [0.25, 0.3) is 0 Å². The van der Waals surface area contributed by atoms with Gasteiger partial charge in [-0.05, 0) is 33.0 Å². The van der Waals surface area contributed by atoms with Crippen molar-refractivity contribution in [2.45, 2.75) is 33.2 Å². The summed E-state index contributed by atoms with van der Waals surface area (Å²) in [6.45, 7) is 9.59. The van der Waals surface area contributed by atoms with Gasteiger partial charge in [0.2, 0.25) is 0 Å². The Morgan fingerprint density at radius 1 is 1.44 bits per heavy atom. The average Bonchev–Trinajstić information content (AvgIpc) is 2.67. The van der Waals surface area contributed by atoms with Gasteiger partial charge in [0, 0.05) is 24.5 Å². The second-order valence-electron chi connectivity index (χ2n) is 6.39. The Hall–Kier alpha value is -0.810. The quantitative estimate of drug-likeness (QED) is 0.334. The highest BCUT2D eigenvalue weighted by Crippen LogP contribution is 2.25. The first-order valence-electron chi connectivity index (χ1n) is 6.64. The Labute approximate surface area is 111 Å². The molecule has 0 aliphatic carbocycles. The van der Waals surface area contributed by atoms with E-state index < -0.39 is 0 Å². The molecule has 0 aromatic carbocycles. The van der Waals surface area contributed by atoms with E-state index in [9.17, 15) is 0 Å². The Kier molecular flexibility index (Phi) is 4.99. The van der Waals surface area contributed by atoms with Gasteiger partial charge in [-0.2, -0.15) is 0 Å². The van der Waals surface area contributed by atoms with E-state index in [1.807, 2.05) is 13.8 Å². The normalized spacial score (nSPS) is 27.1. The lowest BCUT2D eigenvalue weighted by Gasteiger charge is -2.26. The summed E-state index contributed by atoms with van der Waals surface area (Å²) >= 11 is 0. The molecule has 18 heavy (non-hydrogen) atoms. The Morgan fingerprint density at radius 2 is 2.06 bits per heavy atom. The van der Waals surface area contributed by atoms with Gasteiger partial charge in [0.1, 0.15) is 5.84 Å². The average molecular weight is 256 g/mol. The number of hydrogen-bond acceptors (Lipinski definition) is 4. The van der Waals surface area contributed by atoms with Crippen molar-refractivity contribution < 1.29 is 5.21 Å². The Morgan fingerprint density at radius 3 is 2.50 bits per heavy atom. The van der Waals surface area contributed by atoms with Crippen molar-refractivity contribution in [1.82, 2.24) is 9.80 Å². The molecule has 0 aromatic rings. The van der Waals surface area contributed by atoms with Crippen molar-refractivity contribution in [2.75, 3.05) is 33.7 Å². The molecule has 0 saturated carbocycles. The number of oxime groups is 1. The first kappa shape index (κ1) is 15.2.